The summed E-state index contributed by atoms with van der Waals surface area (Å²) >= 11 is 1.44. The number of aromatic carboxylic acids is 1. The van der Waals surface area contributed by atoms with E-state index in [0.29, 0.717) is 0 Å². The molecular formula is C12H18N2O2S. The van der Waals surface area contributed by atoms with Gasteiger partial charge in [0.25, 0.3) is 0 Å². The highest BCUT2D eigenvalue weighted by atomic mass is 32.1. The van der Waals surface area contributed by atoms with Gasteiger partial charge in [-0.05, 0) is 19.3 Å². The molecule has 1 unspecified atom stereocenters. The number of carbonyl (C=O) groups is 1. The smallest absolute Gasteiger partial charge is 0.355 e. The minimum Gasteiger partial charge on any atom is -0.476 e. The first-order valence-electron chi connectivity index (χ1n) is 6.04. The molecular weight excluding hydrogens is 236 g/mol. The Morgan fingerprint density at radius 3 is 2.94 bits per heavy atom. The Morgan fingerprint density at radius 1 is 1.71 bits per heavy atom. The molecule has 4 nitrogen and oxygen atoms in total. The van der Waals surface area contributed by atoms with E-state index >= 15 is 0 Å². The summed E-state index contributed by atoms with van der Waals surface area (Å²) in [7, 11) is 0. The van der Waals surface area contributed by atoms with Crippen molar-refractivity contribution in [2.75, 3.05) is 13.1 Å². The van der Waals surface area contributed by atoms with E-state index in [4.69, 9.17) is 5.11 Å². The van der Waals surface area contributed by atoms with Crippen molar-refractivity contribution < 1.29 is 9.90 Å². The van der Waals surface area contributed by atoms with Crippen molar-refractivity contribution in [2.24, 2.45) is 5.92 Å². The molecule has 0 bridgehead atoms. The van der Waals surface area contributed by atoms with Gasteiger partial charge < -0.3 is 5.11 Å². The predicted molar refractivity (Wildman–Crippen MR) is 67.5 cm³/mol. The van der Waals surface area contributed by atoms with Gasteiger partial charge in [-0.1, -0.05) is 13.3 Å². The van der Waals surface area contributed by atoms with Crippen LogP contribution in [0.4, 0.5) is 0 Å². The van der Waals surface area contributed by atoms with Gasteiger partial charge in [0.15, 0.2) is 5.69 Å². The van der Waals surface area contributed by atoms with Crippen LogP contribution < -0.4 is 0 Å². The van der Waals surface area contributed by atoms with E-state index in [2.05, 4.69) is 23.7 Å². The number of carboxylic acid groups (broad SMARTS) is 1. The first-order valence-corrected chi connectivity index (χ1v) is 6.92. The Balaban J connectivity index is 1.92. The third-order valence-electron chi connectivity index (χ3n) is 3.33. The maximum atomic E-state index is 10.8. The number of rotatable bonds is 5. The Kier molecular flexibility index (Phi) is 3.79. The lowest BCUT2D eigenvalue weighted by Crippen LogP contribution is -2.47. The molecule has 0 aliphatic carbocycles. The summed E-state index contributed by atoms with van der Waals surface area (Å²) < 4.78 is 0. The molecule has 94 valence electrons. The molecule has 1 saturated heterocycles. The van der Waals surface area contributed by atoms with Crippen LogP contribution in [0.15, 0.2) is 5.38 Å². The number of aromatic nitrogens is 1. The van der Waals surface area contributed by atoms with Crippen LogP contribution in [0.1, 0.15) is 48.2 Å². The van der Waals surface area contributed by atoms with Crippen LogP contribution in [0.25, 0.3) is 0 Å². The third kappa shape index (κ3) is 2.66. The average molecular weight is 254 g/mol. The Bertz CT molecular complexity index is 399. The molecule has 0 radical (unpaired) electrons. The van der Waals surface area contributed by atoms with Crippen molar-refractivity contribution in [1.82, 2.24) is 9.88 Å². The molecule has 1 aromatic rings. The van der Waals surface area contributed by atoms with Crippen LogP contribution in [0.5, 0.6) is 0 Å². The molecule has 5 heteroatoms. The number of hydrogen-bond donors (Lipinski definition) is 1. The van der Waals surface area contributed by atoms with Gasteiger partial charge in [-0.3, -0.25) is 4.90 Å². The molecule has 1 N–H and O–H groups in total. The van der Waals surface area contributed by atoms with E-state index in [1.807, 2.05) is 0 Å². The lowest BCUT2D eigenvalue weighted by atomic mass is 9.93. The monoisotopic (exact) mass is 254 g/mol. The summed E-state index contributed by atoms with van der Waals surface area (Å²) in [6.45, 7) is 6.56. The molecule has 0 spiro atoms. The van der Waals surface area contributed by atoms with Crippen LogP contribution in [0, 0.1) is 5.92 Å². The zero-order valence-corrected chi connectivity index (χ0v) is 11.0. The van der Waals surface area contributed by atoms with Crippen LogP contribution in [-0.2, 0) is 0 Å². The molecule has 0 aromatic carbocycles. The van der Waals surface area contributed by atoms with E-state index in [-0.39, 0.29) is 11.7 Å². The molecule has 0 saturated carbocycles. The van der Waals surface area contributed by atoms with Gasteiger partial charge in [0.1, 0.15) is 5.01 Å². The maximum absolute atomic E-state index is 10.8. The standard InChI is InChI=1S/C12H18N2O2S/c1-3-4-9-5-14(6-9)8(2)11-13-10(7-17-11)12(15)16/h7-9H,3-6H2,1-2H3,(H,15,16). The molecule has 0 amide bonds. The Labute approximate surface area is 105 Å². The highest BCUT2D eigenvalue weighted by Crippen LogP contribution is 2.31. The summed E-state index contributed by atoms with van der Waals surface area (Å²) in [5, 5.41) is 11.4. The Hall–Kier alpha value is -0.940. The van der Waals surface area contributed by atoms with E-state index < -0.39 is 5.97 Å². The van der Waals surface area contributed by atoms with Crippen molar-refractivity contribution in [3.63, 3.8) is 0 Å². The minimum absolute atomic E-state index is 0.169. The number of carboxylic acids is 1. The van der Waals surface area contributed by atoms with Gasteiger partial charge in [0.05, 0.1) is 6.04 Å². The molecule has 1 fully saturated rings. The highest BCUT2D eigenvalue weighted by Gasteiger charge is 2.31. The molecule has 1 aliphatic rings. The van der Waals surface area contributed by atoms with E-state index in [9.17, 15) is 4.79 Å². The fraction of sp³-hybridized carbons (Fsp3) is 0.667. The molecule has 1 aromatic heterocycles. The normalized spacial score (nSPS) is 18.9. The highest BCUT2D eigenvalue weighted by molar-refractivity contribution is 7.09. The van der Waals surface area contributed by atoms with E-state index in [1.54, 1.807) is 5.38 Å². The van der Waals surface area contributed by atoms with Crippen molar-refractivity contribution in [3.8, 4) is 0 Å². The topological polar surface area (TPSA) is 53.4 Å². The average Bonchev–Trinajstić information content (AvgIpc) is 2.71. The van der Waals surface area contributed by atoms with Crippen LogP contribution in [0.2, 0.25) is 0 Å². The fourth-order valence-corrected chi connectivity index (χ4v) is 3.13. The van der Waals surface area contributed by atoms with E-state index in [1.165, 1.54) is 24.2 Å². The number of nitrogens with zero attached hydrogens (tertiary/aromatic N) is 2. The molecule has 1 atom stereocenters. The number of likely N-dealkylation sites (tertiary alicyclic amines) is 1. The zero-order chi connectivity index (χ0) is 12.4. The van der Waals surface area contributed by atoms with Gasteiger partial charge in [-0.2, -0.15) is 0 Å². The lowest BCUT2D eigenvalue weighted by Gasteiger charge is -2.42. The fourth-order valence-electron chi connectivity index (χ4n) is 2.25. The Morgan fingerprint density at radius 2 is 2.41 bits per heavy atom. The van der Waals surface area contributed by atoms with Crippen molar-refractivity contribution >= 4 is 17.3 Å². The molecule has 17 heavy (non-hydrogen) atoms. The number of hydrogen-bond acceptors (Lipinski definition) is 4. The van der Waals surface area contributed by atoms with Gasteiger partial charge in [-0.25, -0.2) is 9.78 Å². The number of thiazole rings is 1. The largest absolute Gasteiger partial charge is 0.476 e. The second kappa shape index (κ2) is 5.14. The van der Waals surface area contributed by atoms with Crippen molar-refractivity contribution in [2.45, 2.75) is 32.7 Å². The maximum Gasteiger partial charge on any atom is 0.355 e. The lowest BCUT2D eigenvalue weighted by molar-refractivity contribution is 0.0541. The second-order valence-corrected chi connectivity index (χ2v) is 5.55. The summed E-state index contributed by atoms with van der Waals surface area (Å²) in [4.78, 5) is 17.3. The molecule has 1 aliphatic heterocycles. The van der Waals surface area contributed by atoms with Crippen LogP contribution in [-0.4, -0.2) is 34.0 Å². The minimum atomic E-state index is -0.938. The summed E-state index contributed by atoms with van der Waals surface area (Å²) in [6.07, 6.45) is 2.54. The van der Waals surface area contributed by atoms with Crippen LogP contribution >= 0.6 is 11.3 Å². The van der Waals surface area contributed by atoms with Gasteiger partial charge in [0, 0.05) is 18.5 Å². The summed E-state index contributed by atoms with van der Waals surface area (Å²) in [5.41, 5.74) is 0.169. The van der Waals surface area contributed by atoms with E-state index in [0.717, 1.165) is 24.0 Å². The molecule has 2 rings (SSSR count). The van der Waals surface area contributed by atoms with Crippen LogP contribution in [0.3, 0.4) is 0 Å². The zero-order valence-electron chi connectivity index (χ0n) is 10.2. The van der Waals surface area contributed by atoms with Gasteiger partial charge in [-0.15, -0.1) is 11.3 Å². The predicted octanol–water partition coefficient (Wildman–Crippen LogP) is 2.63. The third-order valence-corrected chi connectivity index (χ3v) is 4.34. The first-order chi connectivity index (χ1) is 8.11. The second-order valence-electron chi connectivity index (χ2n) is 4.66. The van der Waals surface area contributed by atoms with Gasteiger partial charge >= 0.3 is 5.97 Å². The first kappa shape index (κ1) is 12.5. The molecule has 2 heterocycles. The summed E-state index contributed by atoms with van der Waals surface area (Å²) in [5.74, 6) is -0.117. The SMILES string of the molecule is CCCC1CN(C(C)c2nc(C(=O)O)cs2)C1. The quantitative estimate of drug-likeness (QED) is 0.877. The van der Waals surface area contributed by atoms with Crippen molar-refractivity contribution in [1.29, 1.82) is 0 Å². The van der Waals surface area contributed by atoms with Crippen molar-refractivity contribution in [3.05, 3.63) is 16.1 Å². The van der Waals surface area contributed by atoms with Gasteiger partial charge in [0.2, 0.25) is 0 Å². The summed E-state index contributed by atoms with van der Waals surface area (Å²) in [6, 6.07) is 0.251.